The summed E-state index contributed by atoms with van der Waals surface area (Å²) in [6, 6.07) is -1.40. The van der Waals surface area contributed by atoms with Crippen molar-refractivity contribution in [3.05, 3.63) is 162 Å². The molecule has 2 saturated heterocycles. The maximum absolute atomic E-state index is 16.7. The van der Waals surface area contributed by atoms with Crippen LogP contribution in [-0.2, 0) is 52.6 Å². The molecule has 0 aliphatic carbocycles. The number of fused-ring (bicyclic) bond motifs is 14. The van der Waals surface area contributed by atoms with Gasteiger partial charge >= 0.3 is 11.9 Å². The summed E-state index contributed by atoms with van der Waals surface area (Å²) in [4.78, 5) is 136. The number of likely N-dealkylation sites (N-methyl/N-ethyl adjacent to an activating group) is 1. The van der Waals surface area contributed by atoms with Gasteiger partial charge in [-0.25, -0.2) is 9.59 Å². The SMILES string of the molecule is CN[C@H]1C(=O)N[C@H]2C(=O)N[C@H](C(=O)N[C@H]3C(=O)N[C@H]4C(=O)N[C@H](C(=O)NC(C(=O)O)c5cc(O)cc(O[C@H]6O[C@@H](CO)[C@H](O)[C@@H](O)[C@H]6O)c5-c5cc4ccc5O)[C@H](O)c4cc(Cl)c(c(Cl)c4)Oc4cc3cc(c4O[C@H]3O[C@@H](C(=O)O)[C@H](O)[C@@H](O)[C@@H]3NC(=O)CCCCCCCC(C)C)Oc3ccc(cc3Cl)[C@H]2O)c2cc(cc(O)c2Cl)Oc2cc1ccc2O. The van der Waals surface area contributed by atoms with Crippen LogP contribution in [0.5, 0.6) is 69.0 Å². The quantitative estimate of drug-likeness (QED) is 0.0554. The number of amides is 7. The van der Waals surface area contributed by atoms with E-state index in [1.807, 2.05) is 0 Å². The Labute approximate surface area is 722 Å². The minimum atomic E-state index is -2.59. The summed E-state index contributed by atoms with van der Waals surface area (Å²) in [5.74, 6) is -21.6. The molecular weight excluding hydrogens is 1720 g/mol. The Morgan fingerprint density at radius 1 is 0.500 bits per heavy atom. The lowest BCUT2D eigenvalue weighted by atomic mass is 9.89. The monoisotopic (exact) mass is 1800 g/mol. The zero-order valence-electron chi connectivity index (χ0n) is 65.3. The molecule has 0 aromatic heterocycles. The Hall–Kier alpha value is -11.3. The van der Waals surface area contributed by atoms with Crippen LogP contribution >= 0.6 is 46.4 Å². The largest absolute Gasteiger partial charge is 0.508 e. The number of ether oxygens (including phenoxy) is 7. The van der Waals surface area contributed by atoms with E-state index in [9.17, 15) is 90.7 Å². The number of phenols is 4. The van der Waals surface area contributed by atoms with Crippen molar-refractivity contribution in [2.45, 2.75) is 175 Å². The molecule has 7 aromatic carbocycles. The summed E-state index contributed by atoms with van der Waals surface area (Å²) in [6.45, 7) is 3.16. The average molecular weight is 1800 g/mol. The topological polar surface area (TPSA) is 598 Å². The molecule has 38 nitrogen and oxygen atoms in total. The highest BCUT2D eigenvalue weighted by Gasteiger charge is 2.52. The van der Waals surface area contributed by atoms with Gasteiger partial charge in [0.2, 0.25) is 59.7 Å². The Morgan fingerprint density at radius 2 is 1.10 bits per heavy atom. The van der Waals surface area contributed by atoms with Gasteiger partial charge < -0.3 is 147 Å². The molecule has 7 aromatic rings. The Kier molecular flexibility index (Phi) is 27.4. The summed E-state index contributed by atoms with van der Waals surface area (Å²) >= 11 is 28.5. The molecule has 124 heavy (non-hydrogen) atoms. The van der Waals surface area contributed by atoms with Gasteiger partial charge in [0, 0.05) is 40.8 Å². The van der Waals surface area contributed by atoms with E-state index >= 15 is 24.0 Å². The lowest BCUT2D eigenvalue weighted by Crippen LogP contribution is -2.66. The van der Waals surface area contributed by atoms with Gasteiger partial charge in [-0.05, 0) is 120 Å². The van der Waals surface area contributed by atoms with Crippen molar-refractivity contribution in [3.63, 3.8) is 0 Å². The van der Waals surface area contributed by atoms with Crippen molar-refractivity contribution < 1.29 is 148 Å². The van der Waals surface area contributed by atoms with Gasteiger partial charge in [-0.1, -0.05) is 111 Å². The number of aliphatic hydroxyl groups is 8. The molecule has 17 bridgehead atoms. The molecule has 660 valence electrons. The lowest BCUT2D eigenvalue weighted by molar-refractivity contribution is -0.277. The molecule has 22 N–H and O–H groups in total. The highest BCUT2D eigenvalue weighted by atomic mass is 35.5. The van der Waals surface area contributed by atoms with Crippen LogP contribution in [0.15, 0.2) is 103 Å². The smallest absolute Gasteiger partial charge is 0.335 e. The van der Waals surface area contributed by atoms with Crippen LogP contribution in [0.1, 0.15) is 140 Å². The third-order valence-electron chi connectivity index (χ3n) is 21.6. The maximum Gasteiger partial charge on any atom is 0.335 e. The fraction of sp³-hybridized carbons (Fsp3) is 0.378. The average Bonchev–Trinajstić information content (AvgIpc) is 0.766. The molecule has 8 aliphatic heterocycles. The maximum atomic E-state index is 16.7. The molecule has 7 amide bonds. The number of aliphatic hydroxyl groups excluding tert-OH is 8. The van der Waals surface area contributed by atoms with Crippen molar-refractivity contribution in [1.82, 2.24) is 42.5 Å². The van der Waals surface area contributed by atoms with E-state index in [-0.39, 0.29) is 17.5 Å². The lowest BCUT2D eigenvalue weighted by Gasteiger charge is -2.41. The molecule has 8 aliphatic rings. The number of benzene rings is 7. The van der Waals surface area contributed by atoms with Gasteiger partial charge in [-0.2, -0.15) is 0 Å². The zero-order valence-corrected chi connectivity index (χ0v) is 68.3. The van der Waals surface area contributed by atoms with Crippen LogP contribution in [0.4, 0.5) is 0 Å². The van der Waals surface area contributed by atoms with Crippen LogP contribution in [0, 0.1) is 5.92 Å². The van der Waals surface area contributed by atoms with Crippen LogP contribution in [0.2, 0.25) is 20.1 Å². The van der Waals surface area contributed by atoms with E-state index in [0.29, 0.717) is 18.8 Å². The number of hydrogen-bond acceptors (Lipinski definition) is 29. The predicted molar refractivity (Wildman–Crippen MR) is 430 cm³/mol. The minimum Gasteiger partial charge on any atom is -0.508 e. The number of carboxylic acid groups (broad SMARTS) is 2. The summed E-state index contributed by atoms with van der Waals surface area (Å²) in [7, 11) is 1.34. The van der Waals surface area contributed by atoms with Crippen molar-refractivity contribution in [2.24, 2.45) is 5.92 Å². The Bertz CT molecular complexity index is 5340. The first-order chi connectivity index (χ1) is 58.9. The number of rotatable bonds is 17. The summed E-state index contributed by atoms with van der Waals surface area (Å²) in [6.07, 6.45) is -20.1. The fourth-order valence-corrected chi connectivity index (χ4v) is 16.2. The minimum absolute atomic E-state index is 0.0705. The number of phenolic OH excluding ortho intramolecular Hbond substituents is 4. The van der Waals surface area contributed by atoms with Crippen LogP contribution in [0.25, 0.3) is 11.1 Å². The highest BCUT2D eigenvalue weighted by molar-refractivity contribution is 6.37. The summed E-state index contributed by atoms with van der Waals surface area (Å²) < 4.78 is 43.8. The summed E-state index contributed by atoms with van der Waals surface area (Å²) in [5.41, 5.74) is -4.55. The number of nitrogens with one attached hydrogen (secondary N) is 8. The second kappa shape index (κ2) is 37.6. The number of carboxylic acids is 2. The first-order valence-corrected chi connectivity index (χ1v) is 40.2. The number of aromatic hydroxyl groups is 4. The van der Waals surface area contributed by atoms with E-state index in [2.05, 4.69) is 56.4 Å². The second-order valence-electron chi connectivity index (χ2n) is 30.6. The standard InChI is InChI=1S/C82H84Cl4N8O30/c1-29(2)9-7-5-4-6-8-10-52(100)88-62-66(104)68(106)72(80(116)117)124-81(62)123-71-49-22-33-23-50(71)120-70-41(84)19-34(20-42(70)85)64(102)61-78(113)92-59(79(114)115)38-24-35(96)25-48(121-82-69(107)67(105)65(103)51(28-95)122-82)53(38)37-17-30(11-14-43(37)97)56(74(109)94-61)89-75(110)57(33)90-76(111)58-39-26-36(27-45(99)54(39)86)118-47-21-31(12-15-44(47)98)55(87-3)73(108)93-60(77(112)91-58)63(101)32-13-16-46(119-49)40(83)18-32/h11-27,29,51,55-69,72,81-82,87,95-99,101-107H,4-10,28H2,1-3H3,(H,88,100)(H,89,110)(H,90,111)(H,91,112)(H,92,113)(H,93,108)(H,94,109)(H,114,115)(H,116,117)/t51-,55+,56+,57+,58-,59?,60+,61-,62-,63+,64+,65-,66-,67+,68+,69+,72+,81-,82-/m0/s1. The van der Waals surface area contributed by atoms with E-state index in [1.165, 1.54) is 19.2 Å². The molecule has 2 fully saturated rings. The first-order valence-electron chi connectivity index (χ1n) is 38.7. The fourth-order valence-electron chi connectivity index (χ4n) is 15.2. The Morgan fingerprint density at radius 3 is 1.77 bits per heavy atom. The highest BCUT2D eigenvalue weighted by Crippen LogP contribution is 2.52. The molecule has 42 heteroatoms. The van der Waals surface area contributed by atoms with E-state index in [1.54, 1.807) is 0 Å². The van der Waals surface area contributed by atoms with E-state index in [0.717, 1.165) is 117 Å². The van der Waals surface area contributed by atoms with Crippen molar-refractivity contribution in [2.75, 3.05) is 13.7 Å². The first kappa shape index (κ1) is 90.4. The number of hydrogen-bond donors (Lipinski definition) is 22. The van der Waals surface area contributed by atoms with Crippen molar-refractivity contribution >= 4 is 99.7 Å². The van der Waals surface area contributed by atoms with Crippen molar-refractivity contribution in [3.8, 4) is 80.1 Å². The van der Waals surface area contributed by atoms with E-state index in [4.69, 9.17) is 79.6 Å². The normalized spacial score (nSPS) is 26.9. The molecule has 15 rings (SSSR count). The number of halogens is 4. The predicted octanol–water partition coefficient (Wildman–Crippen LogP) is 4.59. The summed E-state index contributed by atoms with van der Waals surface area (Å²) in [5, 5.41) is 178. The number of carbonyl (C=O) groups excluding carboxylic acids is 7. The second-order valence-corrected chi connectivity index (χ2v) is 32.2. The molecule has 19 atom stereocenters. The molecule has 0 spiro atoms. The van der Waals surface area contributed by atoms with Crippen molar-refractivity contribution in [1.29, 1.82) is 0 Å². The molecule has 0 saturated carbocycles. The van der Waals surface area contributed by atoms with Crippen LogP contribution in [-0.4, -0.2) is 212 Å². The van der Waals surface area contributed by atoms with Gasteiger partial charge in [-0.3, -0.25) is 33.6 Å². The molecular formula is C82H84Cl4N8O30. The number of unbranched alkanes of at least 4 members (excludes halogenated alkanes) is 4. The molecule has 1 unspecified atom stereocenters. The van der Waals surface area contributed by atoms with Gasteiger partial charge in [0.15, 0.2) is 40.9 Å². The van der Waals surface area contributed by atoms with Gasteiger partial charge in [0.1, 0.15) is 126 Å². The van der Waals surface area contributed by atoms with Crippen LogP contribution < -0.4 is 66.2 Å². The zero-order chi connectivity index (χ0) is 89.5. The molecule has 0 radical (unpaired) electrons. The van der Waals surface area contributed by atoms with Gasteiger partial charge in [0.25, 0.3) is 0 Å². The third kappa shape index (κ3) is 18.9. The third-order valence-corrected chi connectivity index (χ3v) is 22.9. The van der Waals surface area contributed by atoms with Gasteiger partial charge in [-0.15, -0.1) is 0 Å². The van der Waals surface area contributed by atoms with Gasteiger partial charge in [0.05, 0.1) is 26.7 Å². The number of aliphatic carboxylic acids is 2. The van der Waals surface area contributed by atoms with Crippen LogP contribution in [0.3, 0.4) is 0 Å². The van der Waals surface area contributed by atoms with E-state index < -0.39 is 304 Å². The Balaban J connectivity index is 1.07. The molecule has 8 heterocycles. The number of carbonyl (C=O) groups is 9.